The summed E-state index contributed by atoms with van der Waals surface area (Å²) in [6.07, 6.45) is 5.22. The third-order valence-corrected chi connectivity index (χ3v) is 8.37. The number of nitrogens with zero attached hydrogens (tertiary/aromatic N) is 5. The second-order valence-electron chi connectivity index (χ2n) is 13.2. The van der Waals surface area contributed by atoms with Crippen molar-refractivity contribution < 1.29 is 14.6 Å². The van der Waals surface area contributed by atoms with Gasteiger partial charge in [0.1, 0.15) is 12.1 Å². The highest BCUT2D eigenvalue weighted by atomic mass is 16.5. The quantitative estimate of drug-likeness (QED) is 0.378. The maximum atomic E-state index is 12.8. The minimum Gasteiger partial charge on any atom is -0.479 e. The van der Waals surface area contributed by atoms with E-state index >= 15 is 0 Å². The van der Waals surface area contributed by atoms with Crippen LogP contribution in [0.4, 0.5) is 11.5 Å². The first-order chi connectivity index (χ1) is 19.3. The lowest BCUT2D eigenvalue weighted by Crippen LogP contribution is -2.39. The normalized spacial score (nSPS) is 17.7. The molecule has 8 heteroatoms. The topological polar surface area (TPSA) is 91.7 Å². The average Bonchev–Trinajstić information content (AvgIpc) is 2.91. The number of fused-ring (bicyclic) bond motifs is 1. The molecule has 1 fully saturated rings. The number of anilines is 2. The summed E-state index contributed by atoms with van der Waals surface area (Å²) in [4.78, 5) is 30.9. The fourth-order valence-corrected chi connectivity index (χ4v) is 6.13. The second-order valence-corrected chi connectivity index (χ2v) is 13.2. The molecule has 2 aliphatic heterocycles. The number of benzene rings is 1. The van der Waals surface area contributed by atoms with Gasteiger partial charge in [-0.05, 0) is 82.1 Å². The Kier molecular flexibility index (Phi) is 7.81. The molecule has 2 aromatic heterocycles. The number of pyridine rings is 1. The van der Waals surface area contributed by atoms with Crippen molar-refractivity contribution >= 4 is 17.5 Å². The zero-order valence-corrected chi connectivity index (χ0v) is 25.5. The fraction of sp³-hybridized carbons (Fsp3) is 0.515. The molecule has 1 atom stereocenters. The van der Waals surface area contributed by atoms with Crippen LogP contribution in [0, 0.1) is 19.3 Å². The average molecular weight is 558 g/mol. The van der Waals surface area contributed by atoms with Gasteiger partial charge in [-0.3, -0.25) is 4.98 Å². The van der Waals surface area contributed by atoms with E-state index in [2.05, 4.69) is 51.8 Å². The van der Waals surface area contributed by atoms with Gasteiger partial charge < -0.3 is 19.6 Å². The van der Waals surface area contributed by atoms with E-state index in [1.54, 1.807) is 12.5 Å². The third kappa shape index (κ3) is 6.22. The lowest BCUT2D eigenvalue weighted by molar-refractivity contribution is -0.160. The number of carboxylic acids is 1. The molecule has 1 N–H and O–H groups in total. The van der Waals surface area contributed by atoms with Crippen LogP contribution in [0.25, 0.3) is 11.1 Å². The highest BCUT2D eigenvalue weighted by Gasteiger charge is 2.36. The molecule has 41 heavy (non-hydrogen) atoms. The molecule has 0 bridgehead atoms. The van der Waals surface area contributed by atoms with Gasteiger partial charge >= 0.3 is 5.97 Å². The lowest BCUT2D eigenvalue weighted by atomic mass is 9.81. The van der Waals surface area contributed by atoms with Crippen LogP contribution in [0.15, 0.2) is 36.8 Å². The summed E-state index contributed by atoms with van der Waals surface area (Å²) in [6, 6.07) is 8.62. The molecule has 0 spiro atoms. The van der Waals surface area contributed by atoms with Gasteiger partial charge in [-0.25, -0.2) is 14.8 Å². The lowest BCUT2D eigenvalue weighted by Gasteiger charge is -2.41. The number of aryl methyl sites for hydroxylation is 2. The number of aliphatic carboxylic acids is 1. The van der Waals surface area contributed by atoms with Gasteiger partial charge in [-0.1, -0.05) is 32.0 Å². The Morgan fingerprint density at radius 3 is 2.39 bits per heavy atom. The van der Waals surface area contributed by atoms with Gasteiger partial charge in [0.2, 0.25) is 0 Å². The Morgan fingerprint density at radius 1 is 1.02 bits per heavy atom. The second kappa shape index (κ2) is 11.0. The van der Waals surface area contributed by atoms with Gasteiger partial charge in [-0.2, -0.15) is 0 Å². The number of aromatic nitrogens is 3. The van der Waals surface area contributed by atoms with Crippen LogP contribution >= 0.6 is 0 Å². The van der Waals surface area contributed by atoms with Crippen molar-refractivity contribution in [3.8, 4) is 11.1 Å². The van der Waals surface area contributed by atoms with Gasteiger partial charge in [0, 0.05) is 54.9 Å². The van der Waals surface area contributed by atoms with Crippen molar-refractivity contribution in [1.29, 1.82) is 0 Å². The predicted molar refractivity (Wildman–Crippen MR) is 162 cm³/mol. The van der Waals surface area contributed by atoms with Crippen molar-refractivity contribution in [3.63, 3.8) is 0 Å². The van der Waals surface area contributed by atoms with Crippen LogP contribution in [-0.2, 0) is 22.5 Å². The Labute approximate surface area is 243 Å². The number of carbonyl (C=O) groups is 1. The van der Waals surface area contributed by atoms with E-state index in [0.29, 0.717) is 11.3 Å². The molecule has 4 heterocycles. The molecule has 2 aliphatic rings. The van der Waals surface area contributed by atoms with E-state index in [1.165, 1.54) is 11.1 Å². The summed E-state index contributed by atoms with van der Waals surface area (Å²) in [5.41, 5.74) is 7.52. The number of piperidine rings is 1. The van der Waals surface area contributed by atoms with Crippen molar-refractivity contribution in [2.24, 2.45) is 5.41 Å². The summed E-state index contributed by atoms with van der Waals surface area (Å²) in [5.74, 6) is -0.0553. The number of carboxylic acid groups (broad SMARTS) is 1. The van der Waals surface area contributed by atoms with Crippen molar-refractivity contribution in [1.82, 2.24) is 15.0 Å². The SMILES string of the molecule is Cc1nc(C)c(C(OC(C)(C)C)C(=O)O)c(N2CCC(C)(C)CC2)c1-c1ccc2c(c1)CCN(c1ccncn1)C2. The Bertz CT molecular complexity index is 1420. The molecular formula is C33H43N5O3. The van der Waals surface area contributed by atoms with Crippen LogP contribution in [0.2, 0.25) is 0 Å². The maximum Gasteiger partial charge on any atom is 0.337 e. The van der Waals surface area contributed by atoms with E-state index in [9.17, 15) is 9.90 Å². The minimum absolute atomic E-state index is 0.253. The minimum atomic E-state index is -1.12. The van der Waals surface area contributed by atoms with Crippen LogP contribution < -0.4 is 9.80 Å². The summed E-state index contributed by atoms with van der Waals surface area (Å²) >= 11 is 0. The molecule has 0 aliphatic carbocycles. The zero-order chi connectivity index (χ0) is 29.5. The van der Waals surface area contributed by atoms with Crippen molar-refractivity contribution in [2.75, 3.05) is 29.4 Å². The molecule has 8 nitrogen and oxygen atoms in total. The molecule has 0 amide bonds. The molecule has 1 unspecified atom stereocenters. The van der Waals surface area contributed by atoms with Crippen molar-refractivity contribution in [2.45, 2.75) is 86.0 Å². The summed E-state index contributed by atoms with van der Waals surface area (Å²) in [5, 5.41) is 10.4. The Balaban J connectivity index is 1.63. The predicted octanol–water partition coefficient (Wildman–Crippen LogP) is 6.29. The van der Waals surface area contributed by atoms with Gasteiger partial charge in [-0.15, -0.1) is 0 Å². The molecule has 0 radical (unpaired) electrons. The molecule has 5 rings (SSSR count). The Hall–Kier alpha value is -3.52. The van der Waals surface area contributed by atoms with E-state index in [-0.39, 0.29) is 5.41 Å². The highest BCUT2D eigenvalue weighted by molar-refractivity contribution is 5.88. The molecule has 1 aromatic carbocycles. The smallest absolute Gasteiger partial charge is 0.337 e. The molecule has 0 saturated carbocycles. The third-order valence-electron chi connectivity index (χ3n) is 8.37. The Morgan fingerprint density at radius 2 is 1.76 bits per heavy atom. The first kappa shape index (κ1) is 29.0. The number of hydrogen-bond donors (Lipinski definition) is 1. The van der Waals surface area contributed by atoms with Crippen LogP contribution in [0.3, 0.4) is 0 Å². The molecular weight excluding hydrogens is 514 g/mol. The van der Waals surface area contributed by atoms with Crippen LogP contribution in [-0.4, -0.2) is 51.3 Å². The molecule has 1 saturated heterocycles. The number of hydrogen-bond acceptors (Lipinski definition) is 7. The summed E-state index contributed by atoms with van der Waals surface area (Å²) in [6.45, 7) is 17.7. The zero-order valence-electron chi connectivity index (χ0n) is 25.5. The fourth-order valence-electron chi connectivity index (χ4n) is 6.13. The van der Waals surface area contributed by atoms with Crippen molar-refractivity contribution in [3.05, 3.63) is 64.9 Å². The van der Waals surface area contributed by atoms with E-state index in [0.717, 1.165) is 73.8 Å². The molecule has 218 valence electrons. The first-order valence-corrected chi connectivity index (χ1v) is 14.6. The first-order valence-electron chi connectivity index (χ1n) is 14.6. The maximum absolute atomic E-state index is 12.8. The van der Waals surface area contributed by atoms with E-state index in [4.69, 9.17) is 9.72 Å². The van der Waals surface area contributed by atoms with Crippen LogP contribution in [0.1, 0.15) is 81.6 Å². The number of rotatable bonds is 6. The number of ether oxygens (including phenoxy) is 1. The van der Waals surface area contributed by atoms with Gasteiger partial charge in [0.05, 0.1) is 11.3 Å². The standard InChI is InChI=1S/C33H43N5O3/c1-21-27(24-8-9-25-19-38(15-11-23(25)18-24)26-10-14-34-20-35-26)29(37-16-12-33(6,7)13-17-37)28(22(2)36-21)30(31(39)40)41-32(3,4)5/h8-10,14,18,20,30H,11-13,15-17,19H2,1-7H3,(H,39,40). The van der Waals surface area contributed by atoms with E-state index in [1.807, 2.05) is 40.7 Å². The summed E-state index contributed by atoms with van der Waals surface area (Å²) < 4.78 is 6.23. The monoisotopic (exact) mass is 557 g/mol. The largest absolute Gasteiger partial charge is 0.479 e. The highest BCUT2D eigenvalue weighted by Crippen LogP contribution is 2.45. The van der Waals surface area contributed by atoms with Gasteiger partial charge in [0.25, 0.3) is 0 Å². The van der Waals surface area contributed by atoms with Crippen LogP contribution in [0.5, 0.6) is 0 Å². The molecule has 3 aromatic rings. The van der Waals surface area contributed by atoms with Gasteiger partial charge in [0.15, 0.2) is 6.10 Å². The summed E-state index contributed by atoms with van der Waals surface area (Å²) in [7, 11) is 0. The van der Waals surface area contributed by atoms with E-state index < -0.39 is 17.7 Å².